The summed E-state index contributed by atoms with van der Waals surface area (Å²) >= 11 is 6.03. The van der Waals surface area contributed by atoms with Crippen LogP contribution < -0.4 is 5.32 Å². The lowest BCUT2D eigenvalue weighted by Gasteiger charge is -2.16. The Morgan fingerprint density at radius 2 is 1.61 bits per heavy atom. The number of hydrogen-bond acceptors (Lipinski definition) is 5. The highest BCUT2D eigenvalue weighted by molar-refractivity contribution is 7.90. The first-order valence-corrected chi connectivity index (χ1v) is 11.0. The summed E-state index contributed by atoms with van der Waals surface area (Å²) in [6.07, 6.45) is 0. The fourth-order valence-electron chi connectivity index (χ4n) is 3.27. The molecule has 1 aliphatic heterocycles. The number of nitrogens with one attached hydrogen (secondary N) is 1. The van der Waals surface area contributed by atoms with Crippen LogP contribution in [-0.4, -0.2) is 36.9 Å². The second kappa shape index (κ2) is 7.98. The Labute approximate surface area is 183 Å². The molecule has 0 atom stereocenters. The van der Waals surface area contributed by atoms with Gasteiger partial charge in [0.15, 0.2) is 5.78 Å². The number of ketones is 1. The van der Waals surface area contributed by atoms with Crippen LogP contribution in [0.5, 0.6) is 0 Å². The molecule has 9 heteroatoms. The molecule has 1 aliphatic rings. The Morgan fingerprint density at radius 3 is 2.32 bits per heavy atom. The largest absolute Gasteiger partial charge is 0.324 e. The van der Waals surface area contributed by atoms with Crippen molar-refractivity contribution in [2.24, 2.45) is 0 Å². The molecule has 3 aromatic rings. The highest BCUT2D eigenvalue weighted by Gasteiger charge is 2.41. The predicted molar refractivity (Wildman–Crippen MR) is 115 cm³/mol. The Balaban J connectivity index is 1.59. The van der Waals surface area contributed by atoms with Gasteiger partial charge in [-0.15, -0.1) is 0 Å². The van der Waals surface area contributed by atoms with E-state index in [2.05, 4.69) is 5.32 Å². The maximum absolute atomic E-state index is 12.9. The fourth-order valence-corrected chi connectivity index (χ4v) is 4.96. The maximum Gasteiger partial charge on any atom is 0.269 e. The molecule has 4 rings (SSSR count). The zero-order chi connectivity index (χ0) is 22.2. The van der Waals surface area contributed by atoms with Gasteiger partial charge >= 0.3 is 0 Å². The number of halogens is 1. The first-order valence-electron chi connectivity index (χ1n) is 9.14. The van der Waals surface area contributed by atoms with E-state index >= 15 is 0 Å². The minimum absolute atomic E-state index is 0.0155. The van der Waals surface area contributed by atoms with E-state index in [1.807, 2.05) is 0 Å². The number of nitrogens with zero attached hydrogens (tertiary/aromatic N) is 1. The Bertz CT molecular complexity index is 1320. The van der Waals surface area contributed by atoms with E-state index in [0.29, 0.717) is 14.9 Å². The van der Waals surface area contributed by atoms with Gasteiger partial charge in [-0.1, -0.05) is 54.1 Å². The van der Waals surface area contributed by atoms with Crippen molar-refractivity contribution in [2.75, 3.05) is 11.9 Å². The van der Waals surface area contributed by atoms with E-state index in [0.717, 1.165) is 0 Å². The van der Waals surface area contributed by atoms with Gasteiger partial charge in [0, 0.05) is 16.1 Å². The van der Waals surface area contributed by atoms with E-state index in [4.69, 9.17) is 11.6 Å². The first-order chi connectivity index (χ1) is 14.8. The van der Waals surface area contributed by atoms with E-state index in [1.54, 1.807) is 36.4 Å². The molecule has 0 saturated heterocycles. The maximum atomic E-state index is 12.9. The lowest BCUT2D eigenvalue weighted by Crippen LogP contribution is -2.37. The van der Waals surface area contributed by atoms with Gasteiger partial charge in [-0.05, 0) is 30.3 Å². The lowest BCUT2D eigenvalue weighted by molar-refractivity contribution is -0.116. The average Bonchev–Trinajstić information content (AvgIpc) is 2.96. The molecule has 3 aromatic carbocycles. The Morgan fingerprint density at radius 1 is 0.935 bits per heavy atom. The molecule has 7 nitrogen and oxygen atoms in total. The summed E-state index contributed by atoms with van der Waals surface area (Å²) in [5.41, 5.74) is 0.713. The lowest BCUT2D eigenvalue weighted by atomic mass is 10.0. The van der Waals surface area contributed by atoms with Gasteiger partial charge in [-0.25, -0.2) is 12.7 Å². The van der Waals surface area contributed by atoms with Crippen molar-refractivity contribution in [3.8, 4) is 0 Å². The number of carbonyl (C=O) groups excluding carboxylic acids is 3. The van der Waals surface area contributed by atoms with Crippen LogP contribution in [0.4, 0.5) is 5.69 Å². The molecular weight excluding hydrogens is 440 g/mol. The van der Waals surface area contributed by atoms with Gasteiger partial charge in [-0.3, -0.25) is 14.4 Å². The minimum atomic E-state index is -4.12. The van der Waals surface area contributed by atoms with Crippen molar-refractivity contribution < 1.29 is 22.8 Å². The zero-order valence-electron chi connectivity index (χ0n) is 15.9. The summed E-state index contributed by atoms with van der Waals surface area (Å²) in [6, 6.07) is 18.5. The minimum Gasteiger partial charge on any atom is -0.324 e. The number of sulfonamides is 1. The predicted octanol–water partition coefficient (Wildman–Crippen LogP) is 3.35. The molecule has 0 aliphatic carbocycles. The Hall–Kier alpha value is -3.49. The fraction of sp³-hybridized carbons (Fsp3) is 0.0455. The molecule has 0 bridgehead atoms. The van der Waals surface area contributed by atoms with E-state index in [9.17, 15) is 22.8 Å². The quantitative estimate of drug-likeness (QED) is 0.596. The van der Waals surface area contributed by atoms with Gasteiger partial charge in [0.05, 0.1) is 11.3 Å². The summed E-state index contributed by atoms with van der Waals surface area (Å²) in [5, 5.41) is 2.82. The number of amides is 2. The van der Waals surface area contributed by atoms with Crippen molar-refractivity contribution in [3.05, 3.63) is 94.5 Å². The molecule has 1 N–H and O–H groups in total. The number of rotatable bonds is 5. The van der Waals surface area contributed by atoms with Crippen molar-refractivity contribution in [3.63, 3.8) is 0 Å². The summed E-state index contributed by atoms with van der Waals surface area (Å²) in [4.78, 5) is 37.9. The smallest absolute Gasteiger partial charge is 0.269 e. The van der Waals surface area contributed by atoms with Crippen LogP contribution in [0.15, 0.2) is 77.7 Å². The second-order valence-corrected chi connectivity index (χ2v) is 9.01. The molecule has 0 unspecified atom stereocenters. The number of carbonyl (C=O) groups is 3. The first kappa shape index (κ1) is 20.8. The Kier molecular flexibility index (Phi) is 5.34. The van der Waals surface area contributed by atoms with E-state index in [1.165, 1.54) is 36.4 Å². The van der Waals surface area contributed by atoms with Gasteiger partial charge in [0.25, 0.3) is 15.9 Å². The number of hydrogen-bond donors (Lipinski definition) is 1. The van der Waals surface area contributed by atoms with Crippen LogP contribution in [0, 0.1) is 0 Å². The molecule has 0 spiro atoms. The third-order valence-electron chi connectivity index (χ3n) is 4.74. The molecule has 2 amide bonds. The number of anilines is 1. The summed E-state index contributed by atoms with van der Waals surface area (Å²) in [6.45, 7) is -0.725. The van der Waals surface area contributed by atoms with Crippen LogP contribution in [-0.2, 0) is 14.8 Å². The van der Waals surface area contributed by atoms with Crippen LogP contribution in [0.2, 0.25) is 5.02 Å². The van der Waals surface area contributed by atoms with Crippen molar-refractivity contribution in [2.45, 2.75) is 4.90 Å². The molecule has 1 heterocycles. The highest BCUT2D eigenvalue weighted by Crippen LogP contribution is 2.30. The average molecular weight is 455 g/mol. The van der Waals surface area contributed by atoms with Gasteiger partial charge in [0.2, 0.25) is 5.91 Å². The SMILES string of the molecule is O=C(CN1C(=O)c2ccccc2S1(=O)=O)Nc1ccc(Cl)cc1C(=O)c1ccccc1. The zero-order valence-corrected chi connectivity index (χ0v) is 17.5. The third-order valence-corrected chi connectivity index (χ3v) is 6.76. The molecule has 0 aromatic heterocycles. The molecule has 156 valence electrons. The normalized spacial score (nSPS) is 14.2. The van der Waals surface area contributed by atoms with Gasteiger partial charge < -0.3 is 5.32 Å². The standard InChI is InChI=1S/C22H15ClN2O5S/c23-15-10-11-18(17(12-15)21(27)14-6-2-1-3-7-14)24-20(26)13-25-22(28)16-8-4-5-9-19(16)31(25,29)30/h1-12H,13H2,(H,24,26). The van der Waals surface area contributed by atoms with E-state index in [-0.39, 0.29) is 27.5 Å². The van der Waals surface area contributed by atoms with Gasteiger partial charge in [0.1, 0.15) is 11.4 Å². The summed E-state index contributed by atoms with van der Waals surface area (Å²) in [5.74, 6) is -1.91. The third kappa shape index (κ3) is 3.83. The van der Waals surface area contributed by atoms with Crippen molar-refractivity contribution in [1.29, 1.82) is 0 Å². The van der Waals surface area contributed by atoms with Crippen LogP contribution in [0.1, 0.15) is 26.3 Å². The molecule has 0 saturated carbocycles. The molecule has 31 heavy (non-hydrogen) atoms. The topological polar surface area (TPSA) is 101 Å². The van der Waals surface area contributed by atoms with E-state index < -0.39 is 28.4 Å². The second-order valence-electron chi connectivity index (χ2n) is 6.75. The number of benzene rings is 3. The van der Waals surface area contributed by atoms with Crippen LogP contribution in [0.25, 0.3) is 0 Å². The summed E-state index contributed by atoms with van der Waals surface area (Å²) < 4.78 is 25.8. The van der Waals surface area contributed by atoms with Gasteiger partial charge in [-0.2, -0.15) is 0 Å². The van der Waals surface area contributed by atoms with Crippen LogP contribution >= 0.6 is 11.6 Å². The monoisotopic (exact) mass is 454 g/mol. The van der Waals surface area contributed by atoms with Crippen LogP contribution in [0.3, 0.4) is 0 Å². The highest BCUT2D eigenvalue weighted by atomic mass is 35.5. The molecular formula is C22H15ClN2O5S. The van der Waals surface area contributed by atoms with Crippen molar-refractivity contribution in [1.82, 2.24) is 4.31 Å². The molecule has 0 fully saturated rings. The van der Waals surface area contributed by atoms with Crippen molar-refractivity contribution >= 4 is 44.9 Å². The molecule has 0 radical (unpaired) electrons. The summed E-state index contributed by atoms with van der Waals surface area (Å²) in [7, 11) is -4.12. The number of fused-ring (bicyclic) bond motifs is 1.